The number of piperidine rings is 1. The van der Waals surface area contributed by atoms with Crippen molar-refractivity contribution in [3.05, 3.63) is 35.4 Å². The van der Waals surface area contributed by atoms with E-state index in [4.69, 9.17) is 0 Å². The summed E-state index contributed by atoms with van der Waals surface area (Å²) in [6.07, 6.45) is 1.25. The van der Waals surface area contributed by atoms with Crippen molar-refractivity contribution in [1.29, 1.82) is 0 Å². The van der Waals surface area contributed by atoms with Gasteiger partial charge in [-0.2, -0.15) is 0 Å². The molecule has 2 heterocycles. The Morgan fingerprint density at radius 3 is 2.85 bits per heavy atom. The summed E-state index contributed by atoms with van der Waals surface area (Å²) in [5, 5.41) is 13.3. The zero-order valence-electron chi connectivity index (χ0n) is 11.9. The van der Waals surface area contributed by atoms with Gasteiger partial charge in [0.1, 0.15) is 0 Å². The molecule has 1 amide bonds. The number of hydrogen-bond donors (Lipinski definition) is 2. The molecule has 3 rings (SSSR count). The van der Waals surface area contributed by atoms with Crippen LogP contribution in [0.2, 0.25) is 0 Å². The van der Waals surface area contributed by atoms with Gasteiger partial charge in [0.25, 0.3) is 0 Å². The van der Waals surface area contributed by atoms with E-state index in [9.17, 15) is 9.90 Å². The topological polar surface area (TPSA) is 52.6 Å². The van der Waals surface area contributed by atoms with Gasteiger partial charge in [0, 0.05) is 19.6 Å². The highest BCUT2D eigenvalue weighted by Gasteiger charge is 2.32. The van der Waals surface area contributed by atoms with Gasteiger partial charge >= 0.3 is 0 Å². The number of rotatable bonds is 1. The zero-order valence-corrected chi connectivity index (χ0v) is 11.9. The third kappa shape index (κ3) is 2.58. The average Bonchev–Trinajstić information content (AvgIpc) is 2.49. The van der Waals surface area contributed by atoms with E-state index in [2.05, 4.69) is 17.4 Å². The van der Waals surface area contributed by atoms with Gasteiger partial charge in [0.05, 0.1) is 12.1 Å². The number of amides is 1. The smallest absolute Gasteiger partial charge is 0.240 e. The Hall–Kier alpha value is -1.39. The lowest BCUT2D eigenvalue weighted by molar-refractivity contribution is -0.137. The van der Waals surface area contributed by atoms with Gasteiger partial charge in [0.2, 0.25) is 5.91 Å². The number of nitrogens with one attached hydrogen (secondary N) is 1. The highest BCUT2D eigenvalue weighted by atomic mass is 16.3. The van der Waals surface area contributed by atoms with Crippen molar-refractivity contribution >= 4 is 5.91 Å². The van der Waals surface area contributed by atoms with E-state index in [1.54, 1.807) is 0 Å². The fourth-order valence-electron chi connectivity index (χ4n) is 3.10. The molecule has 2 aliphatic heterocycles. The summed E-state index contributed by atoms with van der Waals surface area (Å²) in [6.45, 7) is 4.03. The Balaban J connectivity index is 1.67. The second kappa shape index (κ2) is 5.54. The summed E-state index contributed by atoms with van der Waals surface area (Å²) < 4.78 is 0. The molecule has 1 aromatic rings. The predicted octanol–water partition coefficient (Wildman–Crippen LogP) is 0.930. The summed E-state index contributed by atoms with van der Waals surface area (Å²) in [7, 11) is 0. The number of carbonyl (C=O) groups is 1. The summed E-state index contributed by atoms with van der Waals surface area (Å²) in [5.41, 5.74) is 2.54. The third-order valence-corrected chi connectivity index (χ3v) is 4.61. The van der Waals surface area contributed by atoms with Crippen LogP contribution >= 0.6 is 0 Å². The molecule has 0 spiro atoms. The van der Waals surface area contributed by atoms with Crippen LogP contribution in [0.5, 0.6) is 0 Å². The molecule has 4 heteroatoms. The van der Waals surface area contributed by atoms with E-state index >= 15 is 0 Å². The number of aliphatic hydroxyl groups excluding tert-OH is 1. The zero-order chi connectivity index (χ0) is 14.1. The van der Waals surface area contributed by atoms with Crippen molar-refractivity contribution in [2.24, 2.45) is 5.92 Å². The Labute approximate surface area is 119 Å². The first-order valence-electron chi connectivity index (χ1n) is 7.42. The lowest BCUT2D eigenvalue weighted by Crippen LogP contribution is -2.54. The van der Waals surface area contributed by atoms with Gasteiger partial charge in [-0.1, -0.05) is 31.2 Å². The molecule has 0 saturated carbocycles. The number of aliphatic hydroxyl groups is 1. The molecule has 0 aliphatic carbocycles. The van der Waals surface area contributed by atoms with Crippen LogP contribution in [0.15, 0.2) is 24.3 Å². The van der Waals surface area contributed by atoms with Crippen molar-refractivity contribution < 1.29 is 9.90 Å². The second-order valence-corrected chi connectivity index (χ2v) is 6.02. The van der Waals surface area contributed by atoms with Gasteiger partial charge in [-0.25, -0.2) is 0 Å². The first kappa shape index (κ1) is 13.6. The van der Waals surface area contributed by atoms with Crippen LogP contribution in [0, 0.1) is 5.92 Å². The van der Waals surface area contributed by atoms with E-state index < -0.39 is 0 Å². The van der Waals surface area contributed by atoms with Crippen LogP contribution in [0.1, 0.15) is 24.5 Å². The van der Waals surface area contributed by atoms with Crippen LogP contribution in [0.3, 0.4) is 0 Å². The van der Waals surface area contributed by atoms with Crippen LogP contribution in [-0.4, -0.2) is 41.1 Å². The fraction of sp³-hybridized carbons (Fsp3) is 0.562. The van der Waals surface area contributed by atoms with Crippen LogP contribution in [0.4, 0.5) is 0 Å². The molecule has 2 unspecified atom stereocenters. The first-order chi connectivity index (χ1) is 9.65. The van der Waals surface area contributed by atoms with Crippen LogP contribution < -0.4 is 5.32 Å². The number of carbonyl (C=O) groups excluding carboxylic acids is 1. The van der Waals surface area contributed by atoms with E-state index in [0.29, 0.717) is 12.5 Å². The quantitative estimate of drug-likeness (QED) is 0.801. The summed E-state index contributed by atoms with van der Waals surface area (Å²) in [5.74, 6) is 0.421. The normalized spacial score (nSPS) is 29.9. The van der Waals surface area contributed by atoms with E-state index in [1.165, 1.54) is 11.1 Å². The van der Waals surface area contributed by atoms with Gasteiger partial charge in [0.15, 0.2) is 0 Å². The number of likely N-dealkylation sites (tertiary alicyclic amines) is 1. The Kier molecular flexibility index (Phi) is 3.76. The van der Waals surface area contributed by atoms with E-state index in [1.807, 2.05) is 24.0 Å². The first-order valence-corrected chi connectivity index (χ1v) is 7.42. The standard InChI is InChI=1S/C16H22N2O2/c1-11-6-7-18(10-15(11)19)16(20)14-8-12-4-2-3-5-13(12)9-17-14/h2-5,11,14-15,17,19H,6-10H2,1H3/t11?,14-,15?/m0/s1. The van der Waals surface area contributed by atoms with Crippen molar-refractivity contribution in [2.45, 2.75) is 38.5 Å². The third-order valence-electron chi connectivity index (χ3n) is 4.61. The molecule has 4 nitrogen and oxygen atoms in total. The van der Waals surface area contributed by atoms with E-state index in [0.717, 1.165) is 25.9 Å². The van der Waals surface area contributed by atoms with Gasteiger partial charge < -0.3 is 15.3 Å². The number of β-amino-alcohol motifs (C(OH)–C–C–N with tert-alkyl or cyclic N) is 1. The number of fused-ring (bicyclic) bond motifs is 1. The van der Waals surface area contributed by atoms with Gasteiger partial charge in [-0.3, -0.25) is 4.79 Å². The maximum absolute atomic E-state index is 12.6. The van der Waals surface area contributed by atoms with Crippen molar-refractivity contribution in [3.63, 3.8) is 0 Å². The van der Waals surface area contributed by atoms with Crippen LogP contribution in [0.25, 0.3) is 0 Å². The lowest BCUT2D eigenvalue weighted by atomic mass is 9.92. The van der Waals surface area contributed by atoms with E-state index in [-0.39, 0.29) is 18.1 Å². The number of hydrogen-bond acceptors (Lipinski definition) is 3. The monoisotopic (exact) mass is 274 g/mol. The molecule has 2 N–H and O–H groups in total. The fourth-order valence-corrected chi connectivity index (χ4v) is 3.10. The second-order valence-electron chi connectivity index (χ2n) is 6.02. The summed E-state index contributed by atoms with van der Waals surface area (Å²) in [6, 6.07) is 8.12. The van der Waals surface area contributed by atoms with Gasteiger partial charge in [-0.05, 0) is 29.9 Å². The minimum Gasteiger partial charge on any atom is -0.391 e. The molecule has 0 bridgehead atoms. The molecule has 1 saturated heterocycles. The van der Waals surface area contributed by atoms with Crippen molar-refractivity contribution in [2.75, 3.05) is 13.1 Å². The molecule has 1 fully saturated rings. The number of nitrogens with zero attached hydrogens (tertiary/aromatic N) is 1. The molecule has 20 heavy (non-hydrogen) atoms. The molecule has 3 atom stereocenters. The summed E-state index contributed by atoms with van der Waals surface area (Å²) in [4.78, 5) is 14.4. The largest absolute Gasteiger partial charge is 0.391 e. The molecule has 1 aromatic carbocycles. The number of benzene rings is 1. The molecule has 2 aliphatic rings. The minimum absolute atomic E-state index is 0.130. The highest BCUT2D eigenvalue weighted by Crippen LogP contribution is 2.21. The maximum Gasteiger partial charge on any atom is 0.240 e. The van der Waals surface area contributed by atoms with Gasteiger partial charge in [-0.15, -0.1) is 0 Å². The minimum atomic E-state index is -0.386. The average molecular weight is 274 g/mol. The highest BCUT2D eigenvalue weighted by molar-refractivity contribution is 5.82. The molecular weight excluding hydrogens is 252 g/mol. The van der Waals surface area contributed by atoms with Crippen molar-refractivity contribution in [1.82, 2.24) is 10.2 Å². The maximum atomic E-state index is 12.6. The molecule has 0 aromatic heterocycles. The van der Waals surface area contributed by atoms with Crippen LogP contribution in [-0.2, 0) is 17.8 Å². The molecule has 0 radical (unpaired) electrons. The predicted molar refractivity (Wildman–Crippen MR) is 77.1 cm³/mol. The lowest BCUT2D eigenvalue weighted by Gasteiger charge is -2.37. The Morgan fingerprint density at radius 2 is 2.10 bits per heavy atom. The summed E-state index contributed by atoms with van der Waals surface area (Å²) >= 11 is 0. The molecule has 108 valence electrons. The molecular formula is C16H22N2O2. The Bertz CT molecular complexity index is 503. The SMILES string of the molecule is CC1CCN(C(=O)[C@@H]2Cc3ccccc3CN2)CC1O. The van der Waals surface area contributed by atoms with Crippen molar-refractivity contribution in [3.8, 4) is 0 Å². The Morgan fingerprint density at radius 1 is 1.35 bits per heavy atom.